The molecule has 14 heteroatoms. The van der Waals surface area contributed by atoms with Crippen LogP contribution in [0.3, 0.4) is 0 Å². The fraction of sp³-hybridized carbons (Fsp3) is 0.924. The van der Waals surface area contributed by atoms with Crippen LogP contribution < -0.4 is 5.30 Å². The number of hydrogen-bond acceptors (Lipinski definition) is 8. The highest BCUT2D eigenvalue weighted by atomic mass is 32.2. The van der Waals surface area contributed by atoms with Crippen LogP contribution in [0.15, 0.2) is 30.3 Å². The molecule has 0 amide bonds. The van der Waals surface area contributed by atoms with Crippen LogP contribution in [0.2, 0.25) is 23.2 Å². The van der Waals surface area contributed by atoms with Crippen molar-refractivity contribution in [2.45, 2.75) is 457 Å². The largest absolute Gasteiger partial charge is 0.370 e. The molecule has 0 bridgehead atoms. The van der Waals surface area contributed by atoms with Crippen LogP contribution in [0.4, 0.5) is 0 Å². The zero-order chi connectivity index (χ0) is 78.7. The van der Waals surface area contributed by atoms with Gasteiger partial charge in [0.1, 0.15) is 7.14 Å². The van der Waals surface area contributed by atoms with Crippen molar-refractivity contribution in [2.24, 2.45) is 16.2 Å². The Balaban J connectivity index is -0.000000183. The van der Waals surface area contributed by atoms with Gasteiger partial charge in [-0.15, -0.1) is 0 Å². The molecule has 1 aromatic rings. The number of hydrogen-bond donors (Lipinski definition) is 1. The van der Waals surface area contributed by atoms with Gasteiger partial charge in [-0.1, -0.05) is 307 Å². The van der Waals surface area contributed by atoms with Crippen LogP contribution >= 0.6 is 33.6 Å². The molecule has 0 atom stereocenters. The van der Waals surface area contributed by atoms with Crippen molar-refractivity contribution < 1.29 is 36.3 Å². The number of benzene rings is 1. The molecule has 0 saturated heterocycles. The Morgan fingerprint density at radius 3 is 0.667 bits per heavy atom. The predicted octanol–water partition coefficient (Wildman–Crippen LogP) is 28.1. The molecule has 1 rings (SSSR count). The average Bonchev–Trinajstić information content (AvgIpc) is 0.795. The molecule has 93 heavy (non-hydrogen) atoms. The fourth-order valence-electron chi connectivity index (χ4n) is 10.1. The van der Waals surface area contributed by atoms with Crippen molar-refractivity contribution in [3.8, 4) is 0 Å². The van der Waals surface area contributed by atoms with E-state index in [0.717, 1.165) is 5.30 Å². The smallest absolute Gasteiger partial charge is 0.213 e. The SMILES string of the molecule is CC(C)(C)C(C)(C)C(C)(C)C.CC(C)(C)OC(C)(C)C.CC(C)(C)OP(=O)(C(C)(C)C)C(C)(C)C.CC(C)(C)P(=O)(O)C(C)(C)C.CC(C)(C)P(=O)(c1ccccc1)C(C)(C)C.CC(C)(C)S(=O)(=O)C(C)(C)C.CC(C)(C)SC(C)(C)C.CC(C)(C)[Si](C)(C)C(C)(C)C. The molecule has 0 radical (unpaired) electrons. The molecule has 0 unspecified atom stereocenters. The Morgan fingerprint density at radius 1 is 0.366 bits per heavy atom. The van der Waals surface area contributed by atoms with Crippen LogP contribution in [0.5, 0.6) is 0 Å². The van der Waals surface area contributed by atoms with Gasteiger partial charge in [-0.3, -0.25) is 9.13 Å². The summed E-state index contributed by atoms with van der Waals surface area (Å²) >= 11 is 2.01. The molecule has 8 nitrogen and oxygen atoms in total. The first kappa shape index (κ1) is 107. The Labute approximate surface area is 592 Å². The molecular weight excluding hydrogens is 1260 g/mol. The standard InChI is InChI=1S/C14H23OP.C12H27O2P.C11H24.C10H24Si.C8H19O2P.C8H18O2S.C8H18O.C8H18S/c1-13(2,3)16(15,14(4,5)6)12-10-8-7-9-11-12;1-10(2,3)14-15(13,11(4,5)6)12(7,8)9;2*1-9(2,3)11(7,8)10(4,5)6;2*1-7(2,3)11(9,10)8(4,5)6;2*1-7(2,3)9-8(4,5)6/h7-11H,1-6H3;1-9H3;2*1-8H3;1-6H3,(H,9,10);1-6H3;2*1-6H3. The van der Waals surface area contributed by atoms with E-state index < -0.39 is 59.6 Å². The minimum Gasteiger partial charge on any atom is -0.370 e. The minimum atomic E-state index is -3.06. The van der Waals surface area contributed by atoms with Crippen molar-refractivity contribution in [2.75, 3.05) is 0 Å². The van der Waals surface area contributed by atoms with Gasteiger partial charge >= 0.3 is 0 Å². The third-order valence-electron chi connectivity index (χ3n) is 17.3. The maximum atomic E-state index is 13.5. The number of thioether (sulfide) groups is 1. The maximum Gasteiger partial charge on any atom is 0.213 e. The fourth-order valence-corrected chi connectivity index (χ4v) is 25.5. The van der Waals surface area contributed by atoms with Crippen molar-refractivity contribution in [3.63, 3.8) is 0 Å². The van der Waals surface area contributed by atoms with Crippen molar-refractivity contribution in [3.05, 3.63) is 30.3 Å². The molecular formula is C79H171O8P3S2Si. The monoisotopic (exact) mass is 1430 g/mol. The van der Waals surface area contributed by atoms with Crippen LogP contribution in [0.25, 0.3) is 0 Å². The van der Waals surface area contributed by atoms with E-state index in [1.165, 1.54) is 0 Å². The molecule has 0 spiro atoms. The first-order chi connectivity index (χ1) is 38.7. The molecule has 1 aromatic carbocycles. The van der Waals surface area contributed by atoms with Crippen molar-refractivity contribution in [1.82, 2.24) is 0 Å². The number of rotatable bonds is 2. The highest BCUT2D eigenvalue weighted by Crippen LogP contribution is 2.69. The summed E-state index contributed by atoms with van der Waals surface area (Å²) in [5.41, 5.74) is 0.739. The van der Waals surface area contributed by atoms with E-state index in [9.17, 15) is 27.0 Å². The van der Waals surface area contributed by atoms with Gasteiger partial charge in [-0.2, -0.15) is 11.8 Å². The van der Waals surface area contributed by atoms with Gasteiger partial charge in [-0.25, -0.2) is 8.42 Å². The first-order valence-electron chi connectivity index (χ1n) is 34.7. The van der Waals surface area contributed by atoms with E-state index in [4.69, 9.17) is 9.26 Å². The lowest BCUT2D eigenvalue weighted by Crippen LogP contribution is -2.45. The summed E-state index contributed by atoms with van der Waals surface area (Å²) in [5.74, 6) is 0. The molecule has 1 N–H and O–H groups in total. The van der Waals surface area contributed by atoms with Gasteiger partial charge in [0.2, 0.25) is 14.7 Å². The molecule has 0 aliphatic heterocycles. The third kappa shape index (κ3) is 38.2. The molecule has 0 aromatic heterocycles. The van der Waals surface area contributed by atoms with Crippen LogP contribution in [0.1, 0.15) is 367 Å². The zero-order valence-corrected chi connectivity index (χ0v) is 78.7. The first-order valence-corrected chi connectivity index (χ1v) is 45.0. The van der Waals surface area contributed by atoms with Gasteiger partial charge in [0.05, 0.1) is 34.4 Å². The summed E-state index contributed by atoms with van der Waals surface area (Å²) in [6.07, 6.45) is 0. The zero-order valence-electron chi connectivity index (χ0n) is 73.3. The average molecular weight is 1430 g/mol. The second-order valence-corrected chi connectivity index (χ2v) is 68.5. The third-order valence-corrected chi connectivity index (χ3v) is 42.1. The molecule has 0 fully saturated rings. The van der Waals surface area contributed by atoms with E-state index in [-0.39, 0.29) is 37.4 Å². The van der Waals surface area contributed by atoms with E-state index in [2.05, 4.69) is 235 Å². The quantitative estimate of drug-likeness (QED) is 0.228. The summed E-state index contributed by atoms with van der Waals surface area (Å²) < 4.78 is 72.7. The van der Waals surface area contributed by atoms with Crippen LogP contribution in [-0.4, -0.2) is 88.1 Å². The normalized spacial score (nSPS) is 14.8. The summed E-state index contributed by atoms with van der Waals surface area (Å²) in [6, 6.07) is 9.91. The lowest BCUT2D eigenvalue weighted by atomic mass is 9.56. The van der Waals surface area contributed by atoms with Crippen molar-refractivity contribution in [1.29, 1.82) is 0 Å². The summed E-state index contributed by atoms with van der Waals surface area (Å²) in [7, 11) is -12.3. The second kappa shape index (κ2) is 34.5. The van der Waals surface area contributed by atoms with Crippen molar-refractivity contribution >= 4 is 56.9 Å². The van der Waals surface area contributed by atoms with E-state index in [0.29, 0.717) is 35.8 Å². The Bertz CT molecular complexity index is 2360. The van der Waals surface area contributed by atoms with E-state index in [1.54, 1.807) is 83.1 Å². The predicted molar refractivity (Wildman–Crippen MR) is 436 cm³/mol. The van der Waals surface area contributed by atoms with Gasteiger partial charge in [0.25, 0.3) is 0 Å². The van der Waals surface area contributed by atoms with E-state index >= 15 is 0 Å². The highest BCUT2D eigenvalue weighted by Gasteiger charge is 2.51. The number of ether oxygens (including phenoxy) is 1. The molecule has 0 aliphatic carbocycles. The summed E-state index contributed by atoms with van der Waals surface area (Å²) in [5, 5.41) is -0.0292. The Kier molecular flexibility index (Phi) is 39.6. The van der Waals surface area contributed by atoms with Crippen LogP contribution in [-0.2, 0) is 32.8 Å². The highest BCUT2D eigenvalue weighted by molar-refractivity contribution is 8.01. The van der Waals surface area contributed by atoms with Gasteiger partial charge in [0.15, 0.2) is 9.84 Å². The molecule has 0 heterocycles. The van der Waals surface area contributed by atoms with Crippen LogP contribution in [0, 0.1) is 16.2 Å². The lowest BCUT2D eigenvalue weighted by Gasteiger charge is -2.49. The Hall–Kier alpha value is 0.307. The molecule has 0 aliphatic rings. The number of sulfone groups is 1. The summed E-state index contributed by atoms with van der Waals surface area (Å²) in [6.45, 7) is 115. The van der Waals surface area contributed by atoms with E-state index in [1.807, 2.05) is 104 Å². The second-order valence-electron chi connectivity index (χ2n) is 43.9. The topological polar surface area (TPSA) is 124 Å². The minimum absolute atomic E-state index is 0.0156. The lowest BCUT2D eigenvalue weighted by molar-refractivity contribution is -0.102. The van der Waals surface area contributed by atoms with Gasteiger partial charge in [-0.05, 0) is 130 Å². The molecule has 566 valence electrons. The van der Waals surface area contributed by atoms with Gasteiger partial charge < -0.3 is 18.7 Å². The maximum absolute atomic E-state index is 13.5. The van der Waals surface area contributed by atoms with Gasteiger partial charge in [0, 0.05) is 45.7 Å². The molecule has 0 saturated carbocycles. The summed E-state index contributed by atoms with van der Waals surface area (Å²) in [4.78, 5) is 9.74. The Morgan fingerprint density at radius 2 is 0.602 bits per heavy atom.